The molecule has 0 atom stereocenters. The van der Waals surface area contributed by atoms with E-state index in [1.54, 1.807) is 30.3 Å². The van der Waals surface area contributed by atoms with Crippen molar-refractivity contribution in [1.29, 1.82) is 0 Å². The summed E-state index contributed by atoms with van der Waals surface area (Å²) in [5.41, 5.74) is 0.486. The van der Waals surface area contributed by atoms with E-state index in [4.69, 9.17) is 9.47 Å². The second-order valence-corrected chi connectivity index (χ2v) is 7.19. The highest BCUT2D eigenvalue weighted by Crippen LogP contribution is 2.31. The Hall–Kier alpha value is -1.73. The van der Waals surface area contributed by atoms with Crippen LogP contribution in [0.25, 0.3) is 0 Å². The summed E-state index contributed by atoms with van der Waals surface area (Å²) in [6.07, 6.45) is 0. The van der Waals surface area contributed by atoms with Gasteiger partial charge in [-0.3, -0.25) is 4.72 Å². The zero-order valence-electron chi connectivity index (χ0n) is 12.9. The molecule has 0 aromatic heterocycles. The van der Waals surface area contributed by atoms with E-state index in [0.717, 1.165) is 4.47 Å². The van der Waals surface area contributed by atoms with Crippen LogP contribution in [0.1, 0.15) is 13.8 Å². The van der Waals surface area contributed by atoms with Gasteiger partial charge in [0.2, 0.25) is 0 Å². The van der Waals surface area contributed by atoms with E-state index < -0.39 is 10.0 Å². The Bertz CT molecular complexity index is 760. The van der Waals surface area contributed by atoms with E-state index in [-0.39, 0.29) is 4.90 Å². The molecule has 0 fully saturated rings. The van der Waals surface area contributed by atoms with Crippen LogP contribution < -0.4 is 14.2 Å². The highest BCUT2D eigenvalue weighted by atomic mass is 79.9. The second-order valence-electron chi connectivity index (χ2n) is 4.59. The maximum absolute atomic E-state index is 12.5. The van der Waals surface area contributed by atoms with Crippen LogP contribution in [0.15, 0.2) is 51.8 Å². The number of rotatable bonds is 7. The van der Waals surface area contributed by atoms with Crippen molar-refractivity contribution in [2.75, 3.05) is 17.9 Å². The molecule has 1 N–H and O–H groups in total. The van der Waals surface area contributed by atoms with Crippen LogP contribution in [0.3, 0.4) is 0 Å². The number of benzene rings is 2. The molecule has 0 heterocycles. The molecule has 0 aliphatic heterocycles. The highest BCUT2D eigenvalue weighted by molar-refractivity contribution is 9.10. The number of ether oxygens (including phenoxy) is 2. The molecule has 0 spiro atoms. The van der Waals surface area contributed by atoms with Crippen molar-refractivity contribution in [3.8, 4) is 11.5 Å². The van der Waals surface area contributed by atoms with Gasteiger partial charge in [-0.2, -0.15) is 0 Å². The SMILES string of the molecule is CCOc1ccc(S(=O)(=O)Nc2ccc(Br)cc2)cc1OCC. The van der Waals surface area contributed by atoms with Crippen LogP contribution in [0, 0.1) is 0 Å². The van der Waals surface area contributed by atoms with Gasteiger partial charge < -0.3 is 9.47 Å². The molecule has 0 aliphatic carbocycles. The van der Waals surface area contributed by atoms with E-state index in [2.05, 4.69) is 20.7 Å². The Labute approximate surface area is 144 Å². The topological polar surface area (TPSA) is 64.6 Å². The Balaban J connectivity index is 2.31. The largest absolute Gasteiger partial charge is 0.490 e. The molecule has 5 nitrogen and oxygen atoms in total. The summed E-state index contributed by atoms with van der Waals surface area (Å²) >= 11 is 3.31. The molecule has 2 aromatic rings. The summed E-state index contributed by atoms with van der Waals surface area (Å²) in [5.74, 6) is 0.935. The molecule has 0 saturated carbocycles. The number of halogens is 1. The number of anilines is 1. The van der Waals surface area contributed by atoms with Gasteiger partial charge in [0.25, 0.3) is 10.0 Å². The highest BCUT2D eigenvalue weighted by Gasteiger charge is 2.17. The van der Waals surface area contributed by atoms with E-state index >= 15 is 0 Å². The third-order valence-corrected chi connectivity index (χ3v) is 4.83. The fourth-order valence-electron chi connectivity index (χ4n) is 1.93. The average Bonchev–Trinajstić information content (AvgIpc) is 2.51. The fraction of sp³-hybridized carbons (Fsp3) is 0.250. The third kappa shape index (κ3) is 4.62. The molecule has 0 amide bonds. The summed E-state index contributed by atoms with van der Waals surface area (Å²) in [7, 11) is -3.70. The van der Waals surface area contributed by atoms with Crippen LogP contribution in [0.2, 0.25) is 0 Å². The predicted octanol–water partition coefficient (Wildman–Crippen LogP) is 4.05. The first kappa shape index (κ1) is 17.6. The van der Waals surface area contributed by atoms with Gasteiger partial charge in [0.15, 0.2) is 11.5 Å². The number of sulfonamides is 1. The van der Waals surface area contributed by atoms with Crippen molar-refractivity contribution >= 4 is 31.6 Å². The minimum Gasteiger partial charge on any atom is -0.490 e. The van der Waals surface area contributed by atoms with Gasteiger partial charge in [0.05, 0.1) is 18.1 Å². The molecular weight excluding hydrogens is 382 g/mol. The van der Waals surface area contributed by atoms with Crippen molar-refractivity contribution in [2.45, 2.75) is 18.7 Å². The Morgan fingerprint density at radius 1 is 0.957 bits per heavy atom. The molecule has 0 aliphatic rings. The van der Waals surface area contributed by atoms with Crippen molar-refractivity contribution in [3.63, 3.8) is 0 Å². The summed E-state index contributed by atoms with van der Waals surface area (Å²) < 4.78 is 39.3. The molecule has 2 aromatic carbocycles. The lowest BCUT2D eigenvalue weighted by Crippen LogP contribution is -2.13. The fourth-order valence-corrected chi connectivity index (χ4v) is 3.27. The zero-order chi connectivity index (χ0) is 16.9. The van der Waals surface area contributed by atoms with Gasteiger partial charge in [0, 0.05) is 16.2 Å². The lowest BCUT2D eigenvalue weighted by atomic mass is 10.3. The monoisotopic (exact) mass is 399 g/mol. The number of hydrogen-bond acceptors (Lipinski definition) is 4. The first-order valence-electron chi connectivity index (χ1n) is 7.14. The van der Waals surface area contributed by atoms with Gasteiger partial charge in [-0.15, -0.1) is 0 Å². The van der Waals surface area contributed by atoms with Gasteiger partial charge >= 0.3 is 0 Å². The van der Waals surface area contributed by atoms with Crippen molar-refractivity contribution in [1.82, 2.24) is 0 Å². The molecule has 7 heteroatoms. The molecule has 124 valence electrons. The van der Waals surface area contributed by atoms with Crippen LogP contribution in [0.4, 0.5) is 5.69 Å². The van der Waals surface area contributed by atoms with E-state index in [1.165, 1.54) is 12.1 Å². The van der Waals surface area contributed by atoms with Crippen LogP contribution in [0.5, 0.6) is 11.5 Å². The van der Waals surface area contributed by atoms with Crippen molar-refractivity contribution in [3.05, 3.63) is 46.9 Å². The molecule has 0 saturated heterocycles. The maximum atomic E-state index is 12.5. The zero-order valence-corrected chi connectivity index (χ0v) is 15.3. The lowest BCUT2D eigenvalue weighted by Gasteiger charge is -2.13. The van der Waals surface area contributed by atoms with E-state index in [1.807, 2.05) is 13.8 Å². The van der Waals surface area contributed by atoms with Crippen molar-refractivity contribution in [2.24, 2.45) is 0 Å². The summed E-state index contributed by atoms with van der Waals surface area (Å²) in [5, 5.41) is 0. The quantitative estimate of drug-likeness (QED) is 0.762. The molecular formula is C16H18BrNO4S. The number of nitrogens with one attached hydrogen (secondary N) is 1. The molecule has 0 unspecified atom stereocenters. The molecule has 0 radical (unpaired) electrons. The van der Waals surface area contributed by atoms with E-state index in [0.29, 0.717) is 30.4 Å². The first-order valence-corrected chi connectivity index (χ1v) is 9.42. The Morgan fingerprint density at radius 3 is 2.17 bits per heavy atom. The maximum Gasteiger partial charge on any atom is 0.262 e. The van der Waals surface area contributed by atoms with Crippen LogP contribution in [-0.2, 0) is 10.0 Å². The van der Waals surface area contributed by atoms with Crippen LogP contribution >= 0.6 is 15.9 Å². The standard InChI is InChI=1S/C16H18BrNO4S/c1-3-21-15-10-9-14(11-16(15)22-4-2)23(19,20)18-13-7-5-12(17)6-8-13/h5-11,18H,3-4H2,1-2H3. The van der Waals surface area contributed by atoms with Gasteiger partial charge in [-0.1, -0.05) is 15.9 Å². The smallest absolute Gasteiger partial charge is 0.262 e. The van der Waals surface area contributed by atoms with Crippen molar-refractivity contribution < 1.29 is 17.9 Å². The summed E-state index contributed by atoms with van der Waals surface area (Å²) in [6, 6.07) is 11.5. The second kappa shape index (κ2) is 7.70. The average molecular weight is 400 g/mol. The van der Waals surface area contributed by atoms with Gasteiger partial charge in [-0.05, 0) is 50.2 Å². The van der Waals surface area contributed by atoms with E-state index in [9.17, 15) is 8.42 Å². The summed E-state index contributed by atoms with van der Waals surface area (Å²) in [6.45, 7) is 4.58. The lowest BCUT2D eigenvalue weighted by molar-refractivity contribution is 0.287. The summed E-state index contributed by atoms with van der Waals surface area (Å²) in [4.78, 5) is 0.118. The Kier molecular flexibility index (Phi) is 5.90. The van der Waals surface area contributed by atoms with Gasteiger partial charge in [0.1, 0.15) is 0 Å². The predicted molar refractivity (Wildman–Crippen MR) is 93.7 cm³/mol. The minimum absolute atomic E-state index is 0.118. The van der Waals surface area contributed by atoms with Gasteiger partial charge in [-0.25, -0.2) is 8.42 Å². The van der Waals surface area contributed by atoms with Crippen LogP contribution in [-0.4, -0.2) is 21.6 Å². The molecule has 2 rings (SSSR count). The number of hydrogen-bond donors (Lipinski definition) is 1. The normalized spacial score (nSPS) is 11.1. The first-order chi connectivity index (χ1) is 11.0. The Morgan fingerprint density at radius 2 is 1.57 bits per heavy atom. The molecule has 23 heavy (non-hydrogen) atoms. The third-order valence-electron chi connectivity index (χ3n) is 2.92. The minimum atomic E-state index is -3.70. The molecule has 0 bridgehead atoms.